The van der Waals surface area contributed by atoms with Gasteiger partial charge in [-0.1, -0.05) is 123 Å². The van der Waals surface area contributed by atoms with Crippen LogP contribution in [-0.2, 0) is 0 Å². The Morgan fingerprint density at radius 3 is 1.12 bits per heavy atom. The van der Waals surface area contributed by atoms with Gasteiger partial charge in [0, 0.05) is 53.5 Å². The predicted molar refractivity (Wildman–Crippen MR) is 291 cm³/mol. The molecule has 4 nitrogen and oxygen atoms in total. The number of para-hydroxylation sites is 4. The molecule has 0 bridgehead atoms. The highest BCUT2D eigenvalue weighted by atomic mass is 32.1. The molecule has 0 amide bonds. The summed E-state index contributed by atoms with van der Waals surface area (Å²) in [4.78, 5) is 6.63. The van der Waals surface area contributed by atoms with Crippen molar-refractivity contribution in [2.24, 2.45) is 0 Å². The molecule has 0 atom stereocenters. The number of fused-ring (bicyclic) bond motifs is 6. The van der Waals surface area contributed by atoms with Gasteiger partial charge in [0.1, 0.15) is 11.2 Å². The van der Waals surface area contributed by atoms with Crippen molar-refractivity contribution >= 4 is 136 Å². The number of hydrogen-bond donors (Lipinski definition) is 2. The van der Waals surface area contributed by atoms with Gasteiger partial charge in [0.15, 0.2) is 11.2 Å². The Labute approximate surface area is 405 Å². The van der Waals surface area contributed by atoms with Gasteiger partial charge in [-0.25, -0.2) is 0 Å². The lowest BCUT2D eigenvalue weighted by Crippen LogP contribution is -2.12. The summed E-state index contributed by atoms with van der Waals surface area (Å²) in [6.45, 7) is 0. The molecule has 2 saturated carbocycles. The molecule has 0 radical (unpaired) electrons. The first-order valence-electron chi connectivity index (χ1n) is 24.3. The van der Waals surface area contributed by atoms with E-state index in [9.17, 15) is 0 Å². The van der Waals surface area contributed by atoms with E-state index in [1.165, 1.54) is 94.8 Å². The van der Waals surface area contributed by atoms with Crippen molar-refractivity contribution in [2.75, 3.05) is 9.80 Å². The zero-order chi connectivity index (χ0) is 45.0. The fraction of sp³-hybridized carbons (Fsp3) is 0.161. The van der Waals surface area contributed by atoms with Crippen LogP contribution in [0.3, 0.4) is 0 Å². The van der Waals surface area contributed by atoms with E-state index in [1.54, 1.807) is 0 Å². The predicted octanol–water partition coefficient (Wildman–Crippen LogP) is 19.2. The summed E-state index contributed by atoms with van der Waals surface area (Å²) in [5, 5.41) is 11.8. The minimum Gasteiger partial charge on any atom is -0.454 e. The van der Waals surface area contributed by atoms with E-state index in [4.69, 9.17) is 34.1 Å². The fourth-order valence-corrected chi connectivity index (χ4v) is 12.6. The molecular weight excluding hydrogens is 869 g/mol. The first-order valence-corrected chi connectivity index (χ1v) is 25.2. The second kappa shape index (κ2) is 15.9. The summed E-state index contributed by atoms with van der Waals surface area (Å²) in [6.07, 6.45) is 9.96. The van der Waals surface area contributed by atoms with Crippen LogP contribution in [-0.4, -0.2) is 0 Å². The van der Waals surface area contributed by atoms with E-state index < -0.39 is 0 Å². The van der Waals surface area contributed by atoms with Gasteiger partial charge in [-0.2, -0.15) is 0 Å². The maximum absolute atomic E-state index is 7.14. The molecule has 10 aromatic carbocycles. The molecule has 14 rings (SSSR count). The normalized spacial score (nSPS) is 14.9. The molecule has 2 heterocycles. The lowest BCUT2D eigenvalue weighted by Gasteiger charge is -2.29. The van der Waals surface area contributed by atoms with Crippen LogP contribution in [0.25, 0.3) is 76.2 Å². The van der Waals surface area contributed by atoms with Crippen LogP contribution in [0.1, 0.15) is 74.3 Å². The van der Waals surface area contributed by atoms with Crippen molar-refractivity contribution in [1.29, 1.82) is 0 Å². The van der Waals surface area contributed by atoms with Gasteiger partial charge >= 0.3 is 0 Å². The largest absolute Gasteiger partial charge is 0.454 e. The lowest BCUT2D eigenvalue weighted by atomic mass is 9.91. The summed E-state index contributed by atoms with van der Waals surface area (Å²) < 4.78 is 14.3. The minimum atomic E-state index is 0.531. The number of anilines is 6. The Morgan fingerprint density at radius 2 is 0.706 bits per heavy atom. The molecule has 0 unspecified atom stereocenters. The lowest BCUT2D eigenvalue weighted by molar-refractivity contribution is 0.643. The highest BCUT2D eigenvalue weighted by Crippen LogP contribution is 2.52. The number of nitrogens with zero attached hydrogens (tertiary/aromatic N) is 2. The van der Waals surface area contributed by atoms with Crippen LogP contribution in [0.5, 0.6) is 0 Å². The third kappa shape index (κ3) is 6.23. The van der Waals surface area contributed by atoms with Gasteiger partial charge in [0.25, 0.3) is 0 Å². The van der Waals surface area contributed by atoms with E-state index in [1.807, 2.05) is 0 Å². The second-order valence-corrected chi connectivity index (χ2v) is 20.3. The molecule has 12 aromatic rings. The van der Waals surface area contributed by atoms with Gasteiger partial charge in [-0.15, -0.1) is 25.3 Å². The van der Waals surface area contributed by atoms with E-state index in [0.717, 1.165) is 87.8 Å². The molecule has 0 aliphatic heterocycles. The van der Waals surface area contributed by atoms with Crippen LogP contribution in [0.15, 0.2) is 188 Å². The molecule has 2 aliphatic rings. The van der Waals surface area contributed by atoms with E-state index in [-0.39, 0.29) is 0 Å². The summed E-state index contributed by atoms with van der Waals surface area (Å²) in [6, 6.07) is 62.1. The van der Waals surface area contributed by atoms with E-state index in [2.05, 4.69) is 180 Å². The summed E-state index contributed by atoms with van der Waals surface area (Å²) >= 11 is 9.47. The topological polar surface area (TPSA) is 32.8 Å². The van der Waals surface area contributed by atoms with Gasteiger partial charge in [-0.3, -0.25) is 0 Å². The maximum Gasteiger partial charge on any atom is 0.159 e. The Morgan fingerprint density at radius 1 is 0.338 bits per heavy atom. The zero-order valence-electron chi connectivity index (χ0n) is 37.6. The third-order valence-electron chi connectivity index (χ3n) is 15.5. The van der Waals surface area contributed by atoms with Crippen molar-refractivity contribution in [1.82, 2.24) is 0 Å². The molecule has 68 heavy (non-hydrogen) atoms. The van der Waals surface area contributed by atoms with E-state index >= 15 is 0 Å². The third-order valence-corrected chi connectivity index (χ3v) is 16.1. The number of hydrogen-bond acceptors (Lipinski definition) is 6. The minimum absolute atomic E-state index is 0.531. The van der Waals surface area contributed by atoms with Crippen molar-refractivity contribution in [3.8, 4) is 0 Å². The Balaban J connectivity index is 0.999. The molecule has 0 saturated heterocycles. The van der Waals surface area contributed by atoms with Crippen LogP contribution in [0, 0.1) is 0 Å². The van der Waals surface area contributed by atoms with Crippen LogP contribution in [0.2, 0.25) is 0 Å². The van der Waals surface area contributed by atoms with Gasteiger partial charge in [-0.05, 0) is 143 Å². The van der Waals surface area contributed by atoms with Crippen molar-refractivity contribution in [3.05, 3.63) is 181 Å². The quantitative estimate of drug-likeness (QED) is 0.118. The maximum atomic E-state index is 7.14. The average Bonchev–Trinajstić information content (AvgIpc) is 4.23. The molecule has 0 spiro atoms. The van der Waals surface area contributed by atoms with Gasteiger partial charge < -0.3 is 18.6 Å². The summed E-state index contributed by atoms with van der Waals surface area (Å²) in [5.41, 5.74) is 12.8. The SMILES string of the molecule is Sc1ccc(N(c2ccc3ccc4c(N(c5ccc(S)cc5)c5cccc6c5oc5c(C7CCCC7)cccc56)ccc5ccc2c3c54)c2cccc3c2oc2c(C4CCCC4)cccc23)cc1. The Bertz CT molecular complexity index is 3660. The molecular formula is C62H48N2O2S2. The average molecular weight is 917 g/mol. The fourth-order valence-electron chi connectivity index (χ4n) is 12.3. The summed E-state index contributed by atoms with van der Waals surface area (Å²) in [5.74, 6) is 1.06. The van der Waals surface area contributed by atoms with Gasteiger partial charge in [0.05, 0.1) is 22.7 Å². The number of rotatable bonds is 8. The highest BCUT2D eigenvalue weighted by molar-refractivity contribution is 7.80. The Kier molecular flexibility index (Phi) is 9.39. The first-order chi connectivity index (χ1) is 33.6. The second-order valence-electron chi connectivity index (χ2n) is 19.2. The van der Waals surface area contributed by atoms with Crippen molar-refractivity contribution in [2.45, 2.75) is 73.0 Å². The molecule has 0 N–H and O–H groups in total. The standard InChI is InChI=1S/C62H48N2O2S2/c67-43-29-25-41(26-30-43)63(55-19-7-17-49-47-15-5-13-45(37-9-1-2-10-37)59(47)65-61(49)55)53-35-23-39-22-34-52-54(36-24-40-21-33-51(53)57(39)58(40)52)64(42-27-31-44(68)32-28-42)56-20-8-18-50-48-16-6-14-46(38-11-3-4-12-38)60(48)66-62(50)56/h5-8,13-38,67-68H,1-4,9-12H2. The molecule has 2 fully saturated rings. The zero-order valence-corrected chi connectivity index (χ0v) is 39.4. The molecule has 6 heteroatoms. The van der Waals surface area contributed by atoms with E-state index in [0.29, 0.717) is 11.8 Å². The van der Waals surface area contributed by atoms with Crippen LogP contribution in [0.4, 0.5) is 34.1 Å². The highest BCUT2D eigenvalue weighted by Gasteiger charge is 2.28. The number of benzene rings is 10. The van der Waals surface area contributed by atoms with Gasteiger partial charge in [0.2, 0.25) is 0 Å². The monoisotopic (exact) mass is 916 g/mol. The Hall–Kier alpha value is -6.86. The number of furan rings is 2. The van der Waals surface area contributed by atoms with Crippen LogP contribution >= 0.6 is 25.3 Å². The molecule has 330 valence electrons. The molecule has 2 aliphatic carbocycles. The number of thiol groups is 2. The molecule has 2 aromatic heterocycles. The smallest absolute Gasteiger partial charge is 0.159 e. The summed E-state index contributed by atoms with van der Waals surface area (Å²) in [7, 11) is 0. The van der Waals surface area contributed by atoms with Crippen LogP contribution < -0.4 is 9.80 Å². The van der Waals surface area contributed by atoms with Crippen molar-refractivity contribution in [3.63, 3.8) is 0 Å². The first kappa shape index (κ1) is 40.2. The van der Waals surface area contributed by atoms with Crippen molar-refractivity contribution < 1.29 is 8.83 Å².